The summed E-state index contributed by atoms with van der Waals surface area (Å²) in [5.74, 6) is -0.687. The molecule has 25 heavy (non-hydrogen) atoms. The fourth-order valence-corrected chi connectivity index (χ4v) is 3.43. The Morgan fingerprint density at radius 2 is 1.68 bits per heavy atom. The molecule has 0 atom stereocenters. The Labute approximate surface area is 148 Å². The van der Waals surface area contributed by atoms with Crippen LogP contribution in [0.1, 0.15) is 10.4 Å². The summed E-state index contributed by atoms with van der Waals surface area (Å²) in [6.07, 6.45) is 0. The summed E-state index contributed by atoms with van der Waals surface area (Å²) in [5.41, 5.74) is 1.99. The van der Waals surface area contributed by atoms with Crippen LogP contribution in [0, 0.1) is 0 Å². The molecule has 0 bridgehead atoms. The molecule has 0 saturated carbocycles. The van der Waals surface area contributed by atoms with E-state index >= 15 is 0 Å². The van der Waals surface area contributed by atoms with Gasteiger partial charge in [-0.3, -0.25) is 0 Å². The number of fused-ring (bicyclic) bond motifs is 1. The largest absolute Gasteiger partial charge is 0.478 e. The van der Waals surface area contributed by atoms with E-state index in [1.165, 1.54) is 0 Å². The van der Waals surface area contributed by atoms with Gasteiger partial charge in [-0.25, -0.2) is 9.78 Å². The molecule has 4 rings (SSSR count). The highest BCUT2D eigenvalue weighted by Crippen LogP contribution is 2.32. The molecule has 0 aliphatic rings. The molecule has 122 valence electrons. The van der Waals surface area contributed by atoms with Gasteiger partial charge in [-0.1, -0.05) is 42.1 Å². The number of rotatable bonds is 4. The Hall–Kier alpha value is -3.05. The van der Waals surface area contributed by atoms with Gasteiger partial charge >= 0.3 is 5.97 Å². The maximum Gasteiger partial charge on any atom is 0.336 e. The van der Waals surface area contributed by atoms with Gasteiger partial charge in [-0.05, 0) is 42.5 Å². The van der Waals surface area contributed by atoms with Crippen molar-refractivity contribution in [2.75, 3.05) is 0 Å². The predicted molar refractivity (Wildman–Crippen MR) is 97.0 cm³/mol. The van der Waals surface area contributed by atoms with E-state index in [1.54, 1.807) is 36.0 Å². The molecular weight excluding hydrogens is 334 g/mol. The first kappa shape index (κ1) is 15.5. The molecule has 3 aromatic carbocycles. The molecule has 1 N–H and O–H groups in total. The van der Waals surface area contributed by atoms with Crippen LogP contribution >= 0.6 is 11.8 Å². The van der Waals surface area contributed by atoms with Crippen LogP contribution in [0.2, 0.25) is 0 Å². The second kappa shape index (κ2) is 6.45. The SMILES string of the molecule is O=C(O)c1ccccc1-c1nc2ccc(Sc3ccccc3)cc2o1. The lowest BCUT2D eigenvalue weighted by Gasteiger charge is -2.00. The minimum Gasteiger partial charge on any atom is -0.478 e. The van der Waals surface area contributed by atoms with E-state index in [0.29, 0.717) is 22.6 Å². The van der Waals surface area contributed by atoms with Crippen molar-refractivity contribution in [2.24, 2.45) is 0 Å². The molecule has 4 nitrogen and oxygen atoms in total. The molecule has 0 saturated heterocycles. The van der Waals surface area contributed by atoms with Crippen LogP contribution in [0.25, 0.3) is 22.6 Å². The minimum atomic E-state index is -1.00. The van der Waals surface area contributed by atoms with E-state index in [-0.39, 0.29) is 5.56 Å². The number of oxazole rings is 1. The van der Waals surface area contributed by atoms with Crippen LogP contribution in [0.3, 0.4) is 0 Å². The molecule has 0 spiro atoms. The van der Waals surface area contributed by atoms with Gasteiger partial charge in [0.15, 0.2) is 5.58 Å². The summed E-state index contributed by atoms with van der Waals surface area (Å²) in [4.78, 5) is 18.0. The fourth-order valence-electron chi connectivity index (χ4n) is 2.56. The topological polar surface area (TPSA) is 63.3 Å². The highest BCUT2D eigenvalue weighted by molar-refractivity contribution is 7.99. The first-order chi connectivity index (χ1) is 12.2. The standard InChI is InChI=1S/C20H13NO3S/c22-20(23)16-9-5-4-8-15(16)19-21-17-11-10-14(12-18(17)24-19)25-13-6-2-1-3-7-13/h1-12H,(H,22,23). The van der Waals surface area contributed by atoms with E-state index in [1.807, 2.05) is 48.5 Å². The fraction of sp³-hybridized carbons (Fsp3) is 0. The van der Waals surface area contributed by atoms with Gasteiger partial charge in [0.05, 0.1) is 11.1 Å². The number of aromatic nitrogens is 1. The highest BCUT2D eigenvalue weighted by atomic mass is 32.2. The Morgan fingerprint density at radius 1 is 0.920 bits per heavy atom. The summed E-state index contributed by atoms with van der Waals surface area (Å²) in [6, 6.07) is 22.6. The zero-order valence-electron chi connectivity index (χ0n) is 13.0. The molecule has 1 heterocycles. The van der Waals surface area contributed by atoms with Gasteiger partial charge < -0.3 is 9.52 Å². The molecule has 0 unspecified atom stereocenters. The molecule has 0 fully saturated rings. The third kappa shape index (κ3) is 3.14. The smallest absolute Gasteiger partial charge is 0.336 e. The average Bonchev–Trinajstić information content (AvgIpc) is 3.06. The number of carboxylic acid groups (broad SMARTS) is 1. The maximum atomic E-state index is 11.4. The number of benzene rings is 3. The molecule has 4 aromatic rings. The average molecular weight is 347 g/mol. The van der Waals surface area contributed by atoms with Crippen LogP contribution in [0.4, 0.5) is 0 Å². The monoisotopic (exact) mass is 347 g/mol. The van der Waals surface area contributed by atoms with Crippen LogP contribution < -0.4 is 0 Å². The van der Waals surface area contributed by atoms with Crippen LogP contribution in [-0.4, -0.2) is 16.1 Å². The summed E-state index contributed by atoms with van der Waals surface area (Å²) in [7, 11) is 0. The van der Waals surface area contributed by atoms with Gasteiger partial charge in [0.2, 0.25) is 5.89 Å². The van der Waals surface area contributed by atoms with E-state index in [2.05, 4.69) is 4.98 Å². The quantitative estimate of drug-likeness (QED) is 0.539. The third-order valence-corrected chi connectivity index (χ3v) is 4.72. The molecule has 0 aliphatic carbocycles. The van der Waals surface area contributed by atoms with Gasteiger partial charge in [-0.2, -0.15) is 0 Å². The first-order valence-corrected chi connectivity index (χ1v) is 8.48. The zero-order chi connectivity index (χ0) is 17.2. The van der Waals surface area contributed by atoms with E-state index in [4.69, 9.17) is 4.42 Å². The lowest BCUT2D eigenvalue weighted by Crippen LogP contribution is -1.98. The van der Waals surface area contributed by atoms with E-state index in [0.717, 1.165) is 9.79 Å². The summed E-state index contributed by atoms with van der Waals surface area (Å²) in [5, 5.41) is 9.34. The van der Waals surface area contributed by atoms with Crippen molar-refractivity contribution in [1.29, 1.82) is 0 Å². The number of hydrogen-bond donors (Lipinski definition) is 1. The molecule has 0 radical (unpaired) electrons. The lowest BCUT2D eigenvalue weighted by molar-refractivity contribution is 0.0697. The van der Waals surface area contributed by atoms with Crippen molar-refractivity contribution in [3.63, 3.8) is 0 Å². The van der Waals surface area contributed by atoms with Crippen LogP contribution in [-0.2, 0) is 0 Å². The zero-order valence-corrected chi connectivity index (χ0v) is 13.9. The number of nitrogens with zero attached hydrogens (tertiary/aromatic N) is 1. The Morgan fingerprint density at radius 3 is 2.48 bits per heavy atom. The van der Waals surface area contributed by atoms with Crippen molar-refractivity contribution < 1.29 is 14.3 Å². The molecule has 0 aliphatic heterocycles. The lowest BCUT2D eigenvalue weighted by atomic mass is 10.1. The molecular formula is C20H13NO3S. The summed E-state index contributed by atoms with van der Waals surface area (Å²) < 4.78 is 5.84. The summed E-state index contributed by atoms with van der Waals surface area (Å²) in [6.45, 7) is 0. The van der Waals surface area contributed by atoms with E-state index < -0.39 is 5.97 Å². The molecule has 1 aromatic heterocycles. The molecule has 5 heteroatoms. The predicted octanol–water partition coefficient (Wildman–Crippen LogP) is 5.34. The third-order valence-electron chi connectivity index (χ3n) is 3.73. The van der Waals surface area contributed by atoms with Gasteiger partial charge in [0.25, 0.3) is 0 Å². The van der Waals surface area contributed by atoms with Gasteiger partial charge in [-0.15, -0.1) is 0 Å². The normalized spacial score (nSPS) is 10.9. The Bertz CT molecular complexity index is 1060. The number of carbonyl (C=O) groups is 1. The van der Waals surface area contributed by atoms with Crippen molar-refractivity contribution >= 4 is 28.8 Å². The molecule has 0 amide bonds. The van der Waals surface area contributed by atoms with Crippen molar-refractivity contribution in [2.45, 2.75) is 9.79 Å². The van der Waals surface area contributed by atoms with Crippen molar-refractivity contribution in [3.8, 4) is 11.5 Å². The highest BCUT2D eigenvalue weighted by Gasteiger charge is 2.16. The number of hydrogen-bond acceptors (Lipinski definition) is 4. The Balaban J connectivity index is 1.73. The van der Waals surface area contributed by atoms with Crippen LogP contribution in [0.5, 0.6) is 0 Å². The van der Waals surface area contributed by atoms with Crippen molar-refractivity contribution in [1.82, 2.24) is 4.98 Å². The number of carboxylic acids is 1. The number of aromatic carboxylic acids is 1. The minimum absolute atomic E-state index is 0.174. The van der Waals surface area contributed by atoms with Crippen molar-refractivity contribution in [3.05, 3.63) is 78.4 Å². The van der Waals surface area contributed by atoms with E-state index in [9.17, 15) is 9.90 Å². The maximum absolute atomic E-state index is 11.4. The Kier molecular flexibility index (Phi) is 3.99. The van der Waals surface area contributed by atoms with Gasteiger partial charge in [0, 0.05) is 9.79 Å². The second-order valence-electron chi connectivity index (χ2n) is 5.41. The van der Waals surface area contributed by atoms with Crippen LogP contribution in [0.15, 0.2) is 87.0 Å². The second-order valence-corrected chi connectivity index (χ2v) is 6.56. The first-order valence-electron chi connectivity index (χ1n) is 7.67. The summed E-state index contributed by atoms with van der Waals surface area (Å²) >= 11 is 1.63. The van der Waals surface area contributed by atoms with Gasteiger partial charge in [0.1, 0.15) is 5.52 Å².